The Hall–Kier alpha value is 0.100. The molecule has 0 rings (SSSR count). The maximum absolute atomic E-state index is 5.38. The standard InChI is InChI=1S/C10H22NO2.BrH/c1-5-6-11(2,3)7-8-13-10-9-12-4;/h5H,1,6-10H2,2-4H3;1H/q+1;/p-1. The van der Waals surface area contributed by atoms with E-state index in [1.165, 1.54) is 0 Å². The molecule has 0 heterocycles. The first kappa shape index (κ1) is 16.5. The monoisotopic (exact) mass is 267 g/mol. The number of hydrogen-bond acceptors (Lipinski definition) is 2. The maximum atomic E-state index is 5.38. The third-order valence-electron chi connectivity index (χ3n) is 1.90. The second-order valence-corrected chi connectivity index (χ2v) is 3.74. The van der Waals surface area contributed by atoms with E-state index < -0.39 is 0 Å². The number of methoxy groups -OCH3 is 1. The molecule has 4 heteroatoms. The fourth-order valence-corrected chi connectivity index (χ4v) is 0.997. The van der Waals surface area contributed by atoms with Crippen LogP contribution in [0.15, 0.2) is 12.7 Å². The molecule has 0 aliphatic carbocycles. The van der Waals surface area contributed by atoms with E-state index in [0.29, 0.717) is 13.2 Å². The topological polar surface area (TPSA) is 18.5 Å². The summed E-state index contributed by atoms with van der Waals surface area (Å²) in [7, 11) is 6.02. The van der Waals surface area contributed by atoms with E-state index in [1.54, 1.807) is 7.11 Å². The average Bonchev–Trinajstić information content (AvgIpc) is 2.04. The lowest BCUT2D eigenvalue weighted by Crippen LogP contribution is -3.00. The first-order valence-electron chi connectivity index (χ1n) is 4.62. The van der Waals surface area contributed by atoms with E-state index in [0.717, 1.165) is 24.2 Å². The number of halogens is 1. The molecule has 0 unspecified atom stereocenters. The van der Waals surface area contributed by atoms with Gasteiger partial charge in [-0.15, -0.1) is 0 Å². The van der Waals surface area contributed by atoms with Crippen LogP contribution < -0.4 is 17.0 Å². The van der Waals surface area contributed by atoms with E-state index in [-0.39, 0.29) is 17.0 Å². The molecular weight excluding hydrogens is 246 g/mol. The Morgan fingerprint density at radius 1 is 1.21 bits per heavy atom. The van der Waals surface area contributed by atoms with Gasteiger partial charge >= 0.3 is 0 Å². The zero-order valence-electron chi connectivity index (χ0n) is 9.46. The van der Waals surface area contributed by atoms with Gasteiger partial charge in [0.25, 0.3) is 0 Å². The second kappa shape index (κ2) is 9.65. The largest absolute Gasteiger partial charge is 1.00 e. The minimum absolute atomic E-state index is 0. The van der Waals surface area contributed by atoms with Gasteiger partial charge in [-0.2, -0.15) is 0 Å². The molecule has 0 atom stereocenters. The lowest BCUT2D eigenvalue weighted by molar-refractivity contribution is -0.884. The number of likely N-dealkylation sites (N-methyl/N-ethyl adjacent to an activating group) is 1. The van der Waals surface area contributed by atoms with Gasteiger partial charge in [-0.3, -0.25) is 0 Å². The molecule has 3 nitrogen and oxygen atoms in total. The molecule has 0 aliphatic heterocycles. The molecule has 0 saturated carbocycles. The van der Waals surface area contributed by atoms with Gasteiger partial charge in [0.05, 0.1) is 40.5 Å². The SMILES string of the molecule is C=CC[N+](C)(C)CCOCCOC.[Br-]. The van der Waals surface area contributed by atoms with E-state index in [1.807, 2.05) is 6.08 Å². The zero-order chi connectivity index (χ0) is 10.2. The molecule has 0 aliphatic rings. The molecule has 14 heavy (non-hydrogen) atoms. The highest BCUT2D eigenvalue weighted by atomic mass is 79.9. The van der Waals surface area contributed by atoms with Gasteiger partial charge in [-0.25, -0.2) is 0 Å². The van der Waals surface area contributed by atoms with Crippen LogP contribution >= 0.6 is 0 Å². The molecule has 0 radical (unpaired) electrons. The molecule has 0 saturated heterocycles. The number of quaternary nitrogens is 1. The van der Waals surface area contributed by atoms with Crippen LogP contribution in [0.4, 0.5) is 0 Å². The summed E-state index contributed by atoms with van der Waals surface area (Å²) in [5.41, 5.74) is 0. The quantitative estimate of drug-likeness (QED) is 0.286. The van der Waals surface area contributed by atoms with Crippen LogP contribution in [0.25, 0.3) is 0 Å². The molecule has 0 aromatic rings. The first-order valence-corrected chi connectivity index (χ1v) is 4.62. The minimum atomic E-state index is 0. The lowest BCUT2D eigenvalue weighted by Gasteiger charge is -2.28. The molecule has 0 spiro atoms. The highest BCUT2D eigenvalue weighted by Gasteiger charge is 2.11. The van der Waals surface area contributed by atoms with Gasteiger partial charge in [-0.05, 0) is 6.08 Å². The Morgan fingerprint density at radius 2 is 1.86 bits per heavy atom. The Labute approximate surface area is 98.0 Å². The van der Waals surface area contributed by atoms with Crippen LogP contribution in [0.3, 0.4) is 0 Å². The fourth-order valence-electron chi connectivity index (χ4n) is 0.997. The van der Waals surface area contributed by atoms with Crippen LogP contribution in [0.2, 0.25) is 0 Å². The van der Waals surface area contributed by atoms with Crippen LogP contribution in [0, 0.1) is 0 Å². The smallest absolute Gasteiger partial charge is 0.102 e. The first-order chi connectivity index (χ1) is 6.12. The van der Waals surface area contributed by atoms with Crippen LogP contribution in [0.5, 0.6) is 0 Å². The molecule has 0 fully saturated rings. The number of ether oxygens (including phenoxy) is 2. The van der Waals surface area contributed by atoms with Gasteiger partial charge in [-0.1, -0.05) is 6.58 Å². The number of nitrogens with zero attached hydrogens (tertiary/aromatic N) is 1. The highest BCUT2D eigenvalue weighted by molar-refractivity contribution is 4.64. The molecule has 0 N–H and O–H groups in total. The van der Waals surface area contributed by atoms with Crippen molar-refractivity contribution in [1.29, 1.82) is 0 Å². The summed E-state index contributed by atoms with van der Waals surface area (Å²) in [5, 5.41) is 0. The third kappa shape index (κ3) is 10.2. The summed E-state index contributed by atoms with van der Waals surface area (Å²) in [6, 6.07) is 0. The Morgan fingerprint density at radius 3 is 2.36 bits per heavy atom. The summed E-state index contributed by atoms with van der Waals surface area (Å²) in [4.78, 5) is 0. The Kier molecular flexibility index (Phi) is 11.4. The summed E-state index contributed by atoms with van der Waals surface area (Å²) in [6.45, 7) is 7.86. The van der Waals surface area contributed by atoms with Crippen molar-refractivity contribution in [2.75, 3.05) is 54.1 Å². The van der Waals surface area contributed by atoms with E-state index in [2.05, 4.69) is 20.7 Å². The van der Waals surface area contributed by atoms with Crippen molar-refractivity contribution in [3.8, 4) is 0 Å². The van der Waals surface area contributed by atoms with Crippen molar-refractivity contribution in [3.05, 3.63) is 12.7 Å². The average molecular weight is 268 g/mol. The Bertz CT molecular complexity index is 140. The molecule has 0 aromatic carbocycles. The van der Waals surface area contributed by atoms with Crippen LogP contribution in [-0.2, 0) is 9.47 Å². The predicted molar refractivity (Wildman–Crippen MR) is 54.7 cm³/mol. The predicted octanol–water partition coefficient (Wildman–Crippen LogP) is -2.08. The summed E-state index contributed by atoms with van der Waals surface area (Å²) in [5.74, 6) is 0. The van der Waals surface area contributed by atoms with Crippen molar-refractivity contribution < 1.29 is 30.9 Å². The second-order valence-electron chi connectivity index (χ2n) is 3.74. The van der Waals surface area contributed by atoms with Crippen molar-refractivity contribution in [2.24, 2.45) is 0 Å². The summed E-state index contributed by atoms with van der Waals surface area (Å²) in [6.07, 6.45) is 1.94. The molecule has 0 aromatic heterocycles. The van der Waals surface area contributed by atoms with Gasteiger partial charge in [0.15, 0.2) is 0 Å². The van der Waals surface area contributed by atoms with Gasteiger partial charge in [0.2, 0.25) is 0 Å². The van der Waals surface area contributed by atoms with Gasteiger partial charge < -0.3 is 30.9 Å². The third-order valence-corrected chi connectivity index (χ3v) is 1.90. The molecule has 0 bridgehead atoms. The van der Waals surface area contributed by atoms with Crippen molar-refractivity contribution in [2.45, 2.75) is 0 Å². The van der Waals surface area contributed by atoms with Crippen molar-refractivity contribution in [1.82, 2.24) is 0 Å². The van der Waals surface area contributed by atoms with E-state index in [9.17, 15) is 0 Å². The van der Waals surface area contributed by atoms with E-state index in [4.69, 9.17) is 9.47 Å². The zero-order valence-corrected chi connectivity index (χ0v) is 11.0. The fraction of sp³-hybridized carbons (Fsp3) is 0.800. The molecular formula is C10H22BrNO2. The Balaban J connectivity index is 0. The van der Waals surface area contributed by atoms with Crippen molar-refractivity contribution >= 4 is 0 Å². The van der Waals surface area contributed by atoms with Gasteiger partial charge in [0, 0.05) is 7.11 Å². The van der Waals surface area contributed by atoms with E-state index >= 15 is 0 Å². The highest BCUT2D eigenvalue weighted by Crippen LogP contribution is 1.96. The van der Waals surface area contributed by atoms with Crippen LogP contribution in [-0.4, -0.2) is 58.6 Å². The lowest BCUT2D eigenvalue weighted by atomic mass is 10.4. The van der Waals surface area contributed by atoms with Crippen LogP contribution in [0.1, 0.15) is 0 Å². The van der Waals surface area contributed by atoms with Gasteiger partial charge in [0.1, 0.15) is 6.54 Å². The normalized spacial score (nSPS) is 10.8. The number of rotatable bonds is 8. The summed E-state index contributed by atoms with van der Waals surface area (Å²) < 4.78 is 11.2. The molecule has 86 valence electrons. The maximum Gasteiger partial charge on any atom is 0.102 e. The minimum Gasteiger partial charge on any atom is -1.00 e. The van der Waals surface area contributed by atoms with Crippen molar-refractivity contribution in [3.63, 3.8) is 0 Å². The number of hydrogen-bond donors (Lipinski definition) is 0. The molecule has 0 amide bonds. The summed E-state index contributed by atoms with van der Waals surface area (Å²) >= 11 is 0.